The first-order valence-corrected chi connectivity index (χ1v) is 12.1. The molecule has 5 rings (SSSR count). The van der Waals surface area contributed by atoms with Crippen LogP contribution in [-0.4, -0.2) is 38.3 Å². The van der Waals surface area contributed by atoms with E-state index in [2.05, 4.69) is 27.8 Å². The Kier molecular flexibility index (Phi) is 5.52. The van der Waals surface area contributed by atoms with Crippen molar-refractivity contribution in [2.24, 2.45) is 0 Å². The summed E-state index contributed by atoms with van der Waals surface area (Å²) in [5.74, 6) is 0.189. The summed E-state index contributed by atoms with van der Waals surface area (Å²) in [6, 6.07) is 14.3. The maximum absolute atomic E-state index is 13.8. The maximum atomic E-state index is 13.8. The molecule has 3 atom stereocenters. The summed E-state index contributed by atoms with van der Waals surface area (Å²) in [5, 5.41) is 0. The number of fused-ring (bicyclic) bond motifs is 1. The highest BCUT2D eigenvalue weighted by atomic mass is 32.2. The van der Waals surface area contributed by atoms with Gasteiger partial charge >= 0.3 is 0 Å². The predicted molar refractivity (Wildman–Crippen MR) is 117 cm³/mol. The number of hydrogen-bond acceptors (Lipinski definition) is 2. The number of rotatable bonds is 7. The Morgan fingerprint density at radius 3 is 2.60 bits per heavy atom. The quantitative estimate of drug-likeness (QED) is 0.656. The first-order valence-electron chi connectivity index (χ1n) is 11.0. The standard InChI is InChI=1S/C24H29FN2O2S/c25-20-5-1-4-17(12-20)13-22-21-14-18(16-24(8-2-9-24)26-30(28)29)6-7-19(21)15-23(22)27-10-3-11-27/h1,4-7,12,14,22-23,26H,2-3,8-11,13,15-16H2,(H,28,29). The van der Waals surface area contributed by atoms with Gasteiger partial charge in [-0.05, 0) is 92.4 Å². The van der Waals surface area contributed by atoms with Crippen LogP contribution in [0.25, 0.3) is 0 Å². The molecule has 0 aromatic heterocycles. The molecule has 2 aromatic carbocycles. The van der Waals surface area contributed by atoms with Crippen LogP contribution in [0.1, 0.15) is 53.9 Å². The number of benzene rings is 2. The second-order valence-corrected chi connectivity index (χ2v) is 10.00. The van der Waals surface area contributed by atoms with Gasteiger partial charge < -0.3 is 0 Å². The van der Waals surface area contributed by atoms with Crippen LogP contribution in [-0.2, 0) is 30.5 Å². The number of nitrogens with one attached hydrogen (secondary N) is 1. The molecule has 0 spiro atoms. The highest BCUT2D eigenvalue weighted by Gasteiger charge is 2.40. The molecule has 2 fully saturated rings. The van der Waals surface area contributed by atoms with Crippen molar-refractivity contribution in [1.29, 1.82) is 0 Å². The minimum atomic E-state index is -1.99. The van der Waals surface area contributed by atoms with Crippen LogP contribution in [0.5, 0.6) is 0 Å². The smallest absolute Gasteiger partial charge is 0.232 e. The molecule has 2 aliphatic carbocycles. The van der Waals surface area contributed by atoms with Crippen molar-refractivity contribution in [3.63, 3.8) is 0 Å². The van der Waals surface area contributed by atoms with Crippen LogP contribution in [0, 0.1) is 5.82 Å². The molecule has 0 radical (unpaired) electrons. The summed E-state index contributed by atoms with van der Waals surface area (Å²) in [5.41, 5.74) is 4.80. The molecule has 3 unspecified atom stereocenters. The summed E-state index contributed by atoms with van der Waals surface area (Å²) in [7, 11) is 0. The van der Waals surface area contributed by atoms with Gasteiger partial charge in [-0.15, -0.1) is 0 Å². The summed E-state index contributed by atoms with van der Waals surface area (Å²) < 4.78 is 37.5. The van der Waals surface area contributed by atoms with Gasteiger partial charge in [-0.1, -0.05) is 30.3 Å². The van der Waals surface area contributed by atoms with Gasteiger partial charge in [0.2, 0.25) is 11.3 Å². The lowest BCUT2D eigenvalue weighted by molar-refractivity contribution is 0.106. The fourth-order valence-corrected chi connectivity index (χ4v) is 6.22. The van der Waals surface area contributed by atoms with Gasteiger partial charge in [0.1, 0.15) is 5.82 Å². The third kappa shape index (κ3) is 3.98. The predicted octanol–water partition coefficient (Wildman–Crippen LogP) is 3.97. The minimum Gasteiger partial charge on any atom is -0.299 e. The summed E-state index contributed by atoms with van der Waals surface area (Å²) in [4.78, 5) is 2.58. The molecule has 6 heteroatoms. The molecule has 160 valence electrons. The average Bonchev–Trinajstić information content (AvgIpc) is 2.96. The van der Waals surface area contributed by atoms with Crippen LogP contribution >= 0.6 is 0 Å². The molecule has 0 bridgehead atoms. The first kappa shape index (κ1) is 20.3. The van der Waals surface area contributed by atoms with Crippen molar-refractivity contribution in [1.82, 2.24) is 9.62 Å². The lowest BCUT2D eigenvalue weighted by Crippen LogP contribution is -2.53. The van der Waals surface area contributed by atoms with Gasteiger partial charge in [0, 0.05) is 17.5 Å². The number of nitrogens with zero attached hydrogens (tertiary/aromatic N) is 1. The second kappa shape index (κ2) is 8.15. The van der Waals surface area contributed by atoms with E-state index in [1.165, 1.54) is 29.2 Å². The normalized spacial score (nSPS) is 25.9. The zero-order valence-corrected chi connectivity index (χ0v) is 18.0. The summed E-state index contributed by atoms with van der Waals surface area (Å²) in [6.45, 7) is 2.31. The molecule has 0 amide bonds. The fourth-order valence-electron chi connectivity index (χ4n) is 5.57. The summed E-state index contributed by atoms with van der Waals surface area (Å²) >= 11 is -1.99. The van der Waals surface area contributed by atoms with Crippen molar-refractivity contribution in [2.45, 2.75) is 62.4 Å². The van der Waals surface area contributed by atoms with E-state index in [1.54, 1.807) is 12.1 Å². The molecule has 1 saturated carbocycles. The third-order valence-electron chi connectivity index (χ3n) is 7.36. The second-order valence-electron chi connectivity index (χ2n) is 9.30. The average molecular weight is 429 g/mol. The molecule has 30 heavy (non-hydrogen) atoms. The fraction of sp³-hybridized carbons (Fsp3) is 0.500. The van der Waals surface area contributed by atoms with Crippen LogP contribution in [0.15, 0.2) is 42.5 Å². The number of hydrogen-bond donors (Lipinski definition) is 2. The van der Waals surface area contributed by atoms with Crippen molar-refractivity contribution < 1.29 is 13.2 Å². The highest BCUT2D eigenvalue weighted by Crippen LogP contribution is 2.42. The van der Waals surface area contributed by atoms with E-state index in [0.29, 0.717) is 12.0 Å². The molecule has 2 N–H and O–H groups in total. The topological polar surface area (TPSA) is 52.6 Å². The highest BCUT2D eigenvalue weighted by molar-refractivity contribution is 7.77. The molecule has 2 aromatic rings. The van der Waals surface area contributed by atoms with E-state index in [4.69, 9.17) is 0 Å². The lowest BCUT2D eigenvalue weighted by Gasteiger charge is -2.41. The molecule has 1 heterocycles. The van der Waals surface area contributed by atoms with Gasteiger partial charge in [0.25, 0.3) is 0 Å². The van der Waals surface area contributed by atoms with Gasteiger partial charge in [-0.25, -0.2) is 13.3 Å². The van der Waals surface area contributed by atoms with Crippen molar-refractivity contribution in [2.75, 3.05) is 13.1 Å². The Hall–Kier alpha value is -1.60. The van der Waals surface area contributed by atoms with E-state index in [9.17, 15) is 13.2 Å². The Balaban J connectivity index is 1.43. The zero-order chi connectivity index (χ0) is 20.7. The van der Waals surface area contributed by atoms with Crippen LogP contribution in [0.4, 0.5) is 4.39 Å². The Morgan fingerprint density at radius 2 is 1.97 bits per heavy atom. The van der Waals surface area contributed by atoms with Crippen LogP contribution < -0.4 is 4.72 Å². The lowest BCUT2D eigenvalue weighted by atomic mass is 9.73. The van der Waals surface area contributed by atoms with Gasteiger partial charge in [0.05, 0.1) is 0 Å². The van der Waals surface area contributed by atoms with Crippen LogP contribution in [0.2, 0.25) is 0 Å². The minimum absolute atomic E-state index is 0.171. The van der Waals surface area contributed by atoms with E-state index < -0.39 is 11.3 Å². The Bertz CT molecular complexity index is 958. The summed E-state index contributed by atoms with van der Waals surface area (Å²) in [6.07, 6.45) is 6.89. The van der Waals surface area contributed by atoms with Crippen LogP contribution in [0.3, 0.4) is 0 Å². The zero-order valence-electron chi connectivity index (χ0n) is 17.1. The molecule has 3 aliphatic rings. The molecule has 4 nitrogen and oxygen atoms in total. The molecular formula is C24H29FN2O2S. The largest absolute Gasteiger partial charge is 0.299 e. The van der Waals surface area contributed by atoms with Gasteiger partial charge in [0.15, 0.2) is 0 Å². The van der Waals surface area contributed by atoms with Gasteiger partial charge in [-0.3, -0.25) is 9.45 Å². The molecule has 1 aliphatic heterocycles. The Labute approximate surface area is 180 Å². The molecular weight excluding hydrogens is 399 g/mol. The number of halogens is 1. The first-order chi connectivity index (χ1) is 14.5. The van der Waals surface area contributed by atoms with E-state index in [1.807, 2.05) is 6.07 Å². The monoisotopic (exact) mass is 428 g/mol. The Morgan fingerprint density at radius 1 is 1.13 bits per heavy atom. The van der Waals surface area contributed by atoms with E-state index in [0.717, 1.165) is 57.2 Å². The van der Waals surface area contributed by atoms with E-state index >= 15 is 0 Å². The maximum Gasteiger partial charge on any atom is 0.232 e. The molecule has 1 saturated heterocycles. The van der Waals surface area contributed by atoms with Crippen molar-refractivity contribution in [3.8, 4) is 0 Å². The van der Waals surface area contributed by atoms with Gasteiger partial charge in [-0.2, -0.15) is 0 Å². The number of likely N-dealkylation sites (tertiary alicyclic amines) is 1. The third-order valence-corrected chi connectivity index (χ3v) is 7.97. The van der Waals surface area contributed by atoms with Crippen molar-refractivity contribution in [3.05, 3.63) is 70.5 Å². The SMILES string of the molecule is O=S(O)NC1(Cc2ccc3c(c2)C(Cc2cccc(F)c2)C(N2CCC2)C3)CCC1. The van der Waals surface area contributed by atoms with E-state index in [-0.39, 0.29) is 11.4 Å². The van der Waals surface area contributed by atoms with Crippen molar-refractivity contribution >= 4 is 11.3 Å².